The zero-order valence-electron chi connectivity index (χ0n) is 19.7. The van der Waals surface area contributed by atoms with Gasteiger partial charge in [-0.3, -0.25) is 13.8 Å². The summed E-state index contributed by atoms with van der Waals surface area (Å²) in [5.74, 6) is -0.429. The van der Waals surface area contributed by atoms with Crippen LogP contribution in [0, 0.1) is 0 Å². The SMILES string of the molecule is CCCCCCCCCCCCCCCC(=O)OC[C@@H](O)COP(=O)(O)OC[C@H](O)CO. The molecule has 0 amide bonds. The van der Waals surface area contributed by atoms with Crippen LogP contribution < -0.4 is 0 Å². The van der Waals surface area contributed by atoms with Gasteiger partial charge >= 0.3 is 13.8 Å². The maximum Gasteiger partial charge on any atom is 0.472 e. The van der Waals surface area contributed by atoms with Crippen molar-refractivity contribution in [2.75, 3.05) is 26.4 Å². The van der Waals surface area contributed by atoms with Crippen LogP contribution in [0.25, 0.3) is 0 Å². The van der Waals surface area contributed by atoms with Gasteiger partial charge in [-0.2, -0.15) is 0 Å². The Morgan fingerprint density at radius 3 is 1.66 bits per heavy atom. The highest BCUT2D eigenvalue weighted by Crippen LogP contribution is 2.43. The van der Waals surface area contributed by atoms with Crippen LogP contribution in [0.5, 0.6) is 0 Å². The van der Waals surface area contributed by atoms with E-state index >= 15 is 0 Å². The number of aliphatic hydroxyl groups excluding tert-OH is 3. The van der Waals surface area contributed by atoms with Crippen molar-refractivity contribution in [2.24, 2.45) is 0 Å². The molecule has 9 nitrogen and oxygen atoms in total. The van der Waals surface area contributed by atoms with Crippen LogP contribution in [-0.4, -0.2) is 64.8 Å². The molecule has 0 saturated heterocycles. The third-order valence-electron chi connectivity index (χ3n) is 4.99. The second-order valence-electron chi connectivity index (χ2n) is 8.23. The number of unbranched alkanes of at least 4 members (excludes halogenated alkanes) is 12. The zero-order chi connectivity index (χ0) is 24.1. The van der Waals surface area contributed by atoms with Gasteiger partial charge in [0.25, 0.3) is 0 Å². The predicted molar refractivity (Wildman–Crippen MR) is 122 cm³/mol. The maximum absolute atomic E-state index is 11.7. The van der Waals surface area contributed by atoms with E-state index in [0.29, 0.717) is 0 Å². The van der Waals surface area contributed by atoms with Crippen molar-refractivity contribution >= 4 is 13.8 Å². The fourth-order valence-electron chi connectivity index (χ4n) is 3.05. The minimum Gasteiger partial charge on any atom is -0.463 e. The highest BCUT2D eigenvalue weighted by Gasteiger charge is 2.24. The van der Waals surface area contributed by atoms with Crippen LogP contribution in [0.3, 0.4) is 0 Å². The molecule has 0 saturated carbocycles. The van der Waals surface area contributed by atoms with E-state index in [0.717, 1.165) is 19.3 Å². The molecule has 0 aromatic heterocycles. The average molecular weight is 485 g/mol. The lowest BCUT2D eigenvalue weighted by atomic mass is 10.0. The molecule has 1 unspecified atom stereocenters. The molecular weight excluding hydrogens is 439 g/mol. The van der Waals surface area contributed by atoms with E-state index in [2.05, 4.69) is 16.0 Å². The summed E-state index contributed by atoms with van der Waals surface area (Å²) in [6, 6.07) is 0. The number of phosphoric acid groups is 1. The molecule has 0 radical (unpaired) electrons. The standard InChI is InChI=1S/C22H45O9P/c1-2-3-4-5-6-7-8-9-10-11-12-13-14-15-22(26)29-17-21(25)19-31-32(27,28)30-18-20(24)16-23/h20-21,23-25H,2-19H2,1H3,(H,27,28)/t20-,21-/m1/s1. The normalized spacial score (nSPS) is 15.3. The van der Waals surface area contributed by atoms with E-state index in [1.54, 1.807) is 0 Å². The highest BCUT2D eigenvalue weighted by molar-refractivity contribution is 7.47. The first kappa shape index (κ1) is 31.5. The minimum absolute atomic E-state index is 0.270. The van der Waals surface area contributed by atoms with Crippen LogP contribution in [0.15, 0.2) is 0 Å². The average Bonchev–Trinajstić information content (AvgIpc) is 2.77. The van der Waals surface area contributed by atoms with E-state index in [1.165, 1.54) is 64.2 Å². The predicted octanol–water partition coefficient (Wildman–Crippen LogP) is 3.86. The molecule has 0 aromatic rings. The third kappa shape index (κ3) is 21.3. The number of aliphatic hydroxyl groups is 3. The Morgan fingerprint density at radius 2 is 1.19 bits per heavy atom. The maximum atomic E-state index is 11.7. The molecule has 192 valence electrons. The van der Waals surface area contributed by atoms with Gasteiger partial charge in [0, 0.05) is 6.42 Å². The number of carbonyl (C=O) groups excluding carboxylic acids is 1. The monoisotopic (exact) mass is 484 g/mol. The lowest BCUT2D eigenvalue weighted by Crippen LogP contribution is -2.24. The largest absolute Gasteiger partial charge is 0.472 e. The van der Waals surface area contributed by atoms with Gasteiger partial charge in [0.15, 0.2) is 0 Å². The Hall–Kier alpha value is -0.540. The summed E-state index contributed by atoms with van der Waals surface area (Å²) in [4.78, 5) is 21.1. The van der Waals surface area contributed by atoms with Crippen LogP contribution in [-0.2, 0) is 23.1 Å². The molecule has 4 N–H and O–H groups in total. The fraction of sp³-hybridized carbons (Fsp3) is 0.955. The number of phosphoric ester groups is 1. The number of hydrogen-bond donors (Lipinski definition) is 4. The summed E-state index contributed by atoms with van der Waals surface area (Å²) >= 11 is 0. The Morgan fingerprint density at radius 1 is 0.750 bits per heavy atom. The molecule has 0 spiro atoms. The summed E-state index contributed by atoms with van der Waals surface area (Å²) in [7, 11) is -4.48. The fourth-order valence-corrected chi connectivity index (χ4v) is 3.84. The second kappa shape index (κ2) is 21.0. The number of rotatable bonds is 23. The topological polar surface area (TPSA) is 143 Å². The van der Waals surface area contributed by atoms with Gasteiger partial charge in [0.2, 0.25) is 0 Å². The van der Waals surface area contributed by atoms with Gasteiger partial charge in [-0.1, -0.05) is 84.0 Å². The first-order chi connectivity index (χ1) is 15.3. The third-order valence-corrected chi connectivity index (χ3v) is 5.94. The molecule has 0 aliphatic carbocycles. The molecule has 32 heavy (non-hydrogen) atoms. The Labute approximate surface area is 193 Å². The van der Waals surface area contributed by atoms with Gasteiger partial charge in [-0.25, -0.2) is 4.57 Å². The zero-order valence-corrected chi connectivity index (χ0v) is 20.6. The van der Waals surface area contributed by atoms with Gasteiger partial charge in [0.05, 0.1) is 19.8 Å². The van der Waals surface area contributed by atoms with Crippen LogP contribution in [0.4, 0.5) is 0 Å². The van der Waals surface area contributed by atoms with Crippen molar-refractivity contribution < 1.29 is 43.4 Å². The number of carbonyl (C=O) groups is 1. The molecular formula is C22H45O9P. The van der Waals surface area contributed by atoms with Crippen LogP contribution >= 0.6 is 7.82 Å². The molecule has 10 heteroatoms. The number of ether oxygens (including phenoxy) is 1. The minimum atomic E-state index is -4.48. The van der Waals surface area contributed by atoms with E-state index in [9.17, 15) is 19.4 Å². The quantitative estimate of drug-likeness (QED) is 0.0965. The highest BCUT2D eigenvalue weighted by atomic mass is 31.2. The molecule has 3 atom stereocenters. The lowest BCUT2D eigenvalue weighted by Gasteiger charge is -2.16. The summed E-state index contributed by atoms with van der Waals surface area (Å²) in [5.41, 5.74) is 0. The van der Waals surface area contributed by atoms with Gasteiger partial charge < -0.3 is 24.9 Å². The van der Waals surface area contributed by atoms with Gasteiger partial charge in [-0.05, 0) is 6.42 Å². The van der Waals surface area contributed by atoms with E-state index in [1.807, 2.05) is 0 Å². The molecule has 0 heterocycles. The van der Waals surface area contributed by atoms with E-state index < -0.39 is 45.8 Å². The number of hydrogen-bond acceptors (Lipinski definition) is 8. The lowest BCUT2D eigenvalue weighted by molar-refractivity contribution is -0.147. The Balaban J connectivity index is 3.54. The molecule has 0 aromatic carbocycles. The molecule has 0 aliphatic rings. The number of esters is 1. The van der Waals surface area contributed by atoms with Gasteiger partial charge in [-0.15, -0.1) is 0 Å². The molecule has 0 bridgehead atoms. The summed E-state index contributed by atoms with van der Waals surface area (Å²) in [6.07, 6.45) is 13.5. The first-order valence-corrected chi connectivity index (χ1v) is 13.5. The van der Waals surface area contributed by atoms with Crippen LogP contribution in [0.1, 0.15) is 96.8 Å². The molecule has 0 fully saturated rings. The van der Waals surface area contributed by atoms with Crippen molar-refractivity contribution in [1.29, 1.82) is 0 Å². The van der Waals surface area contributed by atoms with Crippen molar-refractivity contribution in [2.45, 2.75) is 109 Å². The summed E-state index contributed by atoms with van der Waals surface area (Å²) in [6.45, 7) is 0.0932. The first-order valence-electron chi connectivity index (χ1n) is 12.0. The molecule has 0 rings (SSSR count). The summed E-state index contributed by atoms with van der Waals surface area (Å²) < 4.78 is 25.5. The smallest absolute Gasteiger partial charge is 0.463 e. The Kier molecular flexibility index (Phi) is 20.7. The van der Waals surface area contributed by atoms with Crippen molar-refractivity contribution in [1.82, 2.24) is 0 Å². The van der Waals surface area contributed by atoms with E-state index in [-0.39, 0.29) is 13.0 Å². The Bertz CT molecular complexity index is 490. The second-order valence-corrected chi connectivity index (χ2v) is 9.68. The molecule has 0 aliphatic heterocycles. The van der Waals surface area contributed by atoms with Gasteiger partial charge in [0.1, 0.15) is 18.8 Å². The summed E-state index contributed by atoms with van der Waals surface area (Å²) in [5, 5.41) is 27.4. The van der Waals surface area contributed by atoms with Crippen molar-refractivity contribution in [3.63, 3.8) is 0 Å². The van der Waals surface area contributed by atoms with E-state index in [4.69, 9.17) is 14.9 Å². The van der Waals surface area contributed by atoms with Crippen LogP contribution in [0.2, 0.25) is 0 Å². The van der Waals surface area contributed by atoms with Crippen molar-refractivity contribution in [3.05, 3.63) is 0 Å². The van der Waals surface area contributed by atoms with Crippen molar-refractivity contribution in [3.8, 4) is 0 Å².